The summed E-state index contributed by atoms with van der Waals surface area (Å²) in [5.41, 5.74) is 0. The van der Waals surface area contributed by atoms with Gasteiger partial charge in [-0.05, 0) is 76.7 Å². The largest absolute Gasteiger partial charge is 0.756 e. The first-order chi connectivity index (χ1) is 42.4. The van der Waals surface area contributed by atoms with Crippen LogP contribution in [0, 0.1) is 0 Å². The lowest BCUT2D eigenvalue weighted by Crippen LogP contribution is -2.47. The van der Waals surface area contributed by atoms with E-state index < -0.39 is 20.0 Å². The van der Waals surface area contributed by atoms with Crippen LogP contribution < -0.4 is 10.2 Å². The highest BCUT2D eigenvalue weighted by molar-refractivity contribution is 7.45. The smallest absolute Gasteiger partial charge is 0.306 e. The molecule has 0 saturated carbocycles. The number of allylic oxidation sites excluding steroid dienone is 9. The Morgan fingerprint density at radius 1 is 0.402 bits per heavy atom. The van der Waals surface area contributed by atoms with E-state index in [4.69, 9.17) is 13.8 Å². The third-order valence-electron chi connectivity index (χ3n) is 17.0. The number of phosphoric ester groups is 1. The van der Waals surface area contributed by atoms with Crippen LogP contribution in [0.25, 0.3) is 0 Å². The van der Waals surface area contributed by atoms with Crippen molar-refractivity contribution in [3.63, 3.8) is 0 Å². The van der Waals surface area contributed by atoms with Gasteiger partial charge >= 0.3 is 5.97 Å². The zero-order chi connectivity index (χ0) is 63.5. The van der Waals surface area contributed by atoms with Gasteiger partial charge in [0.2, 0.25) is 5.91 Å². The average Bonchev–Trinajstić information content (AvgIpc) is 3.70. The normalized spacial score (nSPS) is 13.8. The molecule has 0 aliphatic carbocycles. The van der Waals surface area contributed by atoms with Crippen molar-refractivity contribution in [1.82, 2.24) is 5.32 Å². The first kappa shape index (κ1) is 84.7. The average molecular weight is 1240 g/mol. The highest BCUT2D eigenvalue weighted by Crippen LogP contribution is 2.38. The number of hydrogen-bond acceptors (Lipinski definition) is 7. The van der Waals surface area contributed by atoms with Gasteiger partial charge in [-0.15, -0.1) is 0 Å². The number of nitrogens with one attached hydrogen (secondary N) is 1. The molecule has 0 heterocycles. The van der Waals surface area contributed by atoms with Gasteiger partial charge < -0.3 is 28.5 Å². The summed E-state index contributed by atoms with van der Waals surface area (Å²) in [6.07, 6.45) is 86.4. The number of nitrogens with zero attached hydrogens (tertiary/aromatic N) is 1. The third kappa shape index (κ3) is 67.9. The van der Waals surface area contributed by atoms with Gasteiger partial charge in [0.05, 0.1) is 33.8 Å². The molecule has 510 valence electrons. The molecule has 0 spiro atoms. The minimum absolute atomic E-state index is 0.0231. The zero-order valence-corrected chi connectivity index (χ0v) is 59.4. The van der Waals surface area contributed by atoms with E-state index in [9.17, 15) is 19.0 Å². The summed E-state index contributed by atoms with van der Waals surface area (Å²) < 4.78 is 30.5. The highest BCUT2D eigenvalue weighted by atomic mass is 31.2. The number of carbonyl (C=O) groups is 2. The topological polar surface area (TPSA) is 114 Å². The molecule has 3 atom stereocenters. The predicted octanol–water partition coefficient (Wildman–Crippen LogP) is 23.5. The fourth-order valence-electron chi connectivity index (χ4n) is 11.2. The van der Waals surface area contributed by atoms with E-state index in [1.165, 1.54) is 244 Å². The van der Waals surface area contributed by atoms with Crippen LogP contribution in [0.1, 0.15) is 367 Å². The van der Waals surface area contributed by atoms with Crippen LogP contribution in [0.2, 0.25) is 0 Å². The van der Waals surface area contributed by atoms with Crippen molar-refractivity contribution in [3.05, 3.63) is 60.8 Å². The van der Waals surface area contributed by atoms with E-state index in [0.717, 1.165) is 89.9 Å². The second-order valence-corrected chi connectivity index (χ2v) is 28.2. The summed E-state index contributed by atoms with van der Waals surface area (Å²) in [5.74, 6) is -0.532. The Kier molecular flexibility index (Phi) is 64.9. The van der Waals surface area contributed by atoms with Crippen LogP contribution in [0.5, 0.6) is 0 Å². The number of ether oxygens (including phenoxy) is 1. The number of phosphoric acid groups is 1. The molecule has 9 nitrogen and oxygen atoms in total. The second-order valence-electron chi connectivity index (χ2n) is 26.8. The number of carbonyl (C=O) groups excluding carboxylic acids is 2. The van der Waals surface area contributed by atoms with Crippen LogP contribution in [0.3, 0.4) is 0 Å². The summed E-state index contributed by atoms with van der Waals surface area (Å²) >= 11 is 0. The van der Waals surface area contributed by atoms with E-state index in [2.05, 4.69) is 74.7 Å². The van der Waals surface area contributed by atoms with E-state index in [1.54, 1.807) is 0 Å². The number of unbranched alkanes of at least 4 members (excludes halogenated alkanes) is 45. The molecule has 0 bridgehead atoms. The Hall–Kier alpha value is -2.29. The molecular formula is C77H145N2O7P. The predicted molar refractivity (Wildman–Crippen MR) is 376 cm³/mol. The van der Waals surface area contributed by atoms with Crippen molar-refractivity contribution in [2.75, 3.05) is 40.9 Å². The van der Waals surface area contributed by atoms with Gasteiger partial charge in [-0.25, -0.2) is 0 Å². The number of quaternary nitrogens is 1. The SMILES string of the molecule is CCCCC/C=C\C/C=C\C/C=C\C/C=C\CCCCCCCCCCCC(=O)NC(COP(=O)([O-])OCC[N+](C)(C)C)C(/C=C/CCCCCCCCCCC)OC(=O)CCCCCCCCCCCCCCCCCCCCCCCCCCC. The van der Waals surface area contributed by atoms with Gasteiger partial charge in [-0.1, -0.05) is 339 Å². The van der Waals surface area contributed by atoms with Gasteiger partial charge in [0.1, 0.15) is 19.3 Å². The number of rotatable bonds is 69. The minimum Gasteiger partial charge on any atom is -0.756 e. The van der Waals surface area contributed by atoms with Crippen molar-refractivity contribution in [1.29, 1.82) is 0 Å². The molecule has 0 radical (unpaired) electrons. The van der Waals surface area contributed by atoms with Gasteiger partial charge in [0.25, 0.3) is 7.82 Å². The van der Waals surface area contributed by atoms with Crippen molar-refractivity contribution >= 4 is 19.7 Å². The van der Waals surface area contributed by atoms with E-state index in [-0.39, 0.29) is 31.5 Å². The molecule has 1 amide bonds. The summed E-state index contributed by atoms with van der Waals surface area (Å²) in [4.78, 5) is 40.2. The summed E-state index contributed by atoms with van der Waals surface area (Å²) in [6.45, 7) is 6.86. The van der Waals surface area contributed by atoms with Crippen molar-refractivity contribution < 1.29 is 37.3 Å². The van der Waals surface area contributed by atoms with Gasteiger partial charge in [-0.2, -0.15) is 0 Å². The minimum atomic E-state index is -4.71. The number of esters is 1. The maximum Gasteiger partial charge on any atom is 0.306 e. The second kappa shape index (κ2) is 66.6. The number of hydrogen-bond donors (Lipinski definition) is 1. The maximum absolute atomic E-state index is 13.6. The van der Waals surface area contributed by atoms with Crippen LogP contribution in [0.4, 0.5) is 0 Å². The van der Waals surface area contributed by atoms with Crippen molar-refractivity contribution in [3.8, 4) is 0 Å². The molecule has 0 aromatic rings. The van der Waals surface area contributed by atoms with E-state index in [1.807, 2.05) is 33.3 Å². The quantitative estimate of drug-likeness (QED) is 0.0212. The van der Waals surface area contributed by atoms with Crippen molar-refractivity contribution in [2.24, 2.45) is 0 Å². The first-order valence-corrected chi connectivity index (χ1v) is 39.1. The first-order valence-electron chi connectivity index (χ1n) is 37.6. The Morgan fingerprint density at radius 2 is 0.701 bits per heavy atom. The van der Waals surface area contributed by atoms with Crippen LogP contribution in [-0.2, 0) is 27.9 Å². The molecule has 0 aromatic carbocycles. The van der Waals surface area contributed by atoms with Gasteiger partial charge in [0, 0.05) is 12.8 Å². The van der Waals surface area contributed by atoms with Crippen LogP contribution in [0.15, 0.2) is 60.8 Å². The Morgan fingerprint density at radius 3 is 1.07 bits per heavy atom. The Labute approximate surface area is 541 Å². The van der Waals surface area contributed by atoms with Gasteiger partial charge in [-0.3, -0.25) is 14.2 Å². The van der Waals surface area contributed by atoms with Crippen molar-refractivity contribution in [2.45, 2.75) is 380 Å². The standard InChI is InChI=1S/C77H145N2O7P/c1-7-10-13-16-19-22-25-27-29-31-33-35-37-39-41-43-45-47-49-51-54-57-60-63-66-69-76(80)78-74(73-85-87(82,83)84-72-71-79(4,5)6)75(68-65-62-59-56-53-24-21-18-15-12-9-3)86-77(81)70-67-64-61-58-55-52-50-48-46-44-42-40-38-36-34-32-30-28-26-23-20-17-14-11-8-2/h19,22,27,29,33,35,39,41,65,68,74-75H,7-18,20-21,23-26,28,30-32,34,36-38,40,42-64,66-67,69-73H2,1-6H3,(H-,78,80,82,83)/b22-19-,29-27-,35-33-,41-39-,68-65+. The molecule has 0 fully saturated rings. The van der Waals surface area contributed by atoms with Crippen LogP contribution >= 0.6 is 7.82 Å². The monoisotopic (exact) mass is 1240 g/mol. The maximum atomic E-state index is 13.6. The highest BCUT2D eigenvalue weighted by Gasteiger charge is 2.27. The number of likely N-dealkylation sites (N-methyl/N-ethyl adjacent to an activating group) is 1. The molecule has 1 N–H and O–H groups in total. The summed E-state index contributed by atoms with van der Waals surface area (Å²) in [5, 5.41) is 3.05. The molecule has 3 unspecified atom stereocenters. The molecule has 0 aliphatic rings. The Balaban J connectivity index is 4.95. The summed E-state index contributed by atoms with van der Waals surface area (Å²) in [6, 6.07) is -0.892. The lowest BCUT2D eigenvalue weighted by Gasteiger charge is -2.30. The fraction of sp³-hybridized carbons (Fsp3) is 0.844. The lowest BCUT2D eigenvalue weighted by molar-refractivity contribution is -0.870. The molecular weight excluding hydrogens is 1100 g/mol. The Bertz CT molecular complexity index is 1670. The molecule has 10 heteroatoms. The summed E-state index contributed by atoms with van der Waals surface area (Å²) in [7, 11) is 1.19. The number of amides is 1. The van der Waals surface area contributed by atoms with E-state index in [0.29, 0.717) is 17.4 Å². The molecule has 0 rings (SSSR count). The molecule has 87 heavy (non-hydrogen) atoms. The lowest BCUT2D eigenvalue weighted by atomic mass is 10.0. The zero-order valence-electron chi connectivity index (χ0n) is 58.5. The van der Waals surface area contributed by atoms with E-state index >= 15 is 0 Å². The fourth-order valence-corrected chi connectivity index (χ4v) is 11.9. The molecule has 0 aromatic heterocycles. The molecule has 0 saturated heterocycles. The molecule has 0 aliphatic heterocycles. The third-order valence-corrected chi connectivity index (χ3v) is 17.9. The van der Waals surface area contributed by atoms with Crippen LogP contribution in [-0.4, -0.2) is 69.4 Å². The van der Waals surface area contributed by atoms with Gasteiger partial charge in [0.15, 0.2) is 0 Å².